The Kier molecular flexibility index (Phi) is 3.79. The molecule has 1 heterocycles. The average Bonchev–Trinajstić information content (AvgIpc) is 2.50. The molecule has 0 radical (unpaired) electrons. The Balaban J connectivity index is 2.34. The Bertz CT molecular complexity index is 403. The minimum atomic E-state index is 0.257. The minimum absolute atomic E-state index is 0.257. The van der Waals surface area contributed by atoms with Crippen LogP contribution in [0, 0.1) is 0 Å². The molecular formula is C14H19NO2. The van der Waals surface area contributed by atoms with Crippen molar-refractivity contribution in [2.24, 2.45) is 0 Å². The number of benzene rings is 1. The molecule has 0 amide bonds. The maximum Gasteiger partial charge on any atom is 0.165 e. The molecule has 1 aromatic carbocycles. The van der Waals surface area contributed by atoms with Crippen LogP contribution in [0.1, 0.15) is 30.1 Å². The average molecular weight is 233 g/mol. The van der Waals surface area contributed by atoms with E-state index in [0.29, 0.717) is 19.1 Å². The number of para-hydroxylation sites is 1. The number of carbonyl (C=O) groups excluding carboxylic acids is 1. The summed E-state index contributed by atoms with van der Waals surface area (Å²) in [6, 6.07) is 8.18. The van der Waals surface area contributed by atoms with Gasteiger partial charge in [-0.05, 0) is 25.5 Å². The van der Waals surface area contributed by atoms with Gasteiger partial charge in [-0.1, -0.05) is 12.1 Å². The van der Waals surface area contributed by atoms with Gasteiger partial charge >= 0.3 is 0 Å². The molecule has 0 saturated heterocycles. The smallest absolute Gasteiger partial charge is 0.165 e. The zero-order valence-electron chi connectivity index (χ0n) is 10.5. The van der Waals surface area contributed by atoms with Gasteiger partial charge in [0.25, 0.3) is 0 Å². The number of fused-ring (bicyclic) bond motifs is 1. The van der Waals surface area contributed by atoms with Crippen LogP contribution < -0.4 is 4.90 Å². The second-order valence-corrected chi connectivity index (χ2v) is 4.54. The quantitative estimate of drug-likeness (QED) is 0.803. The Morgan fingerprint density at radius 2 is 2.18 bits per heavy atom. The predicted octanol–water partition coefficient (Wildman–Crippen LogP) is 2.50. The first-order chi connectivity index (χ1) is 8.24. The summed E-state index contributed by atoms with van der Waals surface area (Å²) in [7, 11) is 1.71. The van der Waals surface area contributed by atoms with Gasteiger partial charge in [0.2, 0.25) is 0 Å². The molecule has 3 nitrogen and oxygen atoms in total. The Hall–Kier alpha value is -1.35. The van der Waals surface area contributed by atoms with E-state index in [4.69, 9.17) is 4.74 Å². The lowest BCUT2D eigenvalue weighted by molar-refractivity contribution is 0.0984. The molecule has 1 aromatic rings. The summed E-state index contributed by atoms with van der Waals surface area (Å²) in [4.78, 5) is 14.3. The van der Waals surface area contributed by atoms with Gasteiger partial charge in [-0.15, -0.1) is 0 Å². The van der Waals surface area contributed by atoms with E-state index in [2.05, 4.69) is 11.8 Å². The molecule has 1 aliphatic rings. The zero-order chi connectivity index (χ0) is 12.3. The van der Waals surface area contributed by atoms with Gasteiger partial charge in [-0.25, -0.2) is 0 Å². The monoisotopic (exact) mass is 233 g/mol. The molecule has 0 bridgehead atoms. The van der Waals surface area contributed by atoms with Gasteiger partial charge in [0, 0.05) is 37.4 Å². The number of nitrogens with zero attached hydrogens (tertiary/aromatic N) is 1. The van der Waals surface area contributed by atoms with Crippen LogP contribution in [-0.2, 0) is 4.74 Å². The van der Waals surface area contributed by atoms with E-state index in [1.807, 2.05) is 24.3 Å². The first kappa shape index (κ1) is 12.1. The maximum absolute atomic E-state index is 12.0. The molecule has 0 saturated carbocycles. The summed E-state index contributed by atoms with van der Waals surface area (Å²) < 4.78 is 5.21. The number of methoxy groups -OCH3 is 1. The first-order valence-corrected chi connectivity index (χ1v) is 6.12. The third-order valence-electron chi connectivity index (χ3n) is 3.26. The number of carbonyl (C=O) groups is 1. The molecule has 0 aromatic heterocycles. The van der Waals surface area contributed by atoms with Crippen LogP contribution in [0.25, 0.3) is 0 Å². The second-order valence-electron chi connectivity index (χ2n) is 4.54. The fourth-order valence-corrected chi connectivity index (χ4v) is 2.41. The van der Waals surface area contributed by atoms with Crippen molar-refractivity contribution in [2.75, 3.05) is 25.2 Å². The third kappa shape index (κ3) is 2.50. The van der Waals surface area contributed by atoms with E-state index in [1.165, 1.54) is 0 Å². The standard InChI is InChI=1S/C14H19NO2/c1-11(10-17-2)15-9-5-8-14(16)12-6-3-4-7-13(12)15/h3-4,6-7,11H,5,8-10H2,1-2H3. The topological polar surface area (TPSA) is 29.5 Å². The van der Waals surface area contributed by atoms with Crippen molar-refractivity contribution >= 4 is 11.5 Å². The van der Waals surface area contributed by atoms with Gasteiger partial charge in [0.15, 0.2) is 5.78 Å². The number of hydrogen-bond donors (Lipinski definition) is 0. The van der Waals surface area contributed by atoms with Crippen LogP contribution >= 0.6 is 0 Å². The number of rotatable bonds is 3. The molecule has 0 aliphatic carbocycles. The van der Waals surface area contributed by atoms with Crippen molar-refractivity contribution < 1.29 is 9.53 Å². The van der Waals surface area contributed by atoms with Crippen LogP contribution in [0.15, 0.2) is 24.3 Å². The molecule has 92 valence electrons. The van der Waals surface area contributed by atoms with E-state index >= 15 is 0 Å². The van der Waals surface area contributed by atoms with Crippen LogP contribution in [0.2, 0.25) is 0 Å². The summed E-state index contributed by atoms with van der Waals surface area (Å²) >= 11 is 0. The highest BCUT2D eigenvalue weighted by Crippen LogP contribution is 2.27. The second kappa shape index (κ2) is 5.32. The summed E-state index contributed by atoms with van der Waals surface area (Å²) in [5, 5.41) is 0. The lowest BCUT2D eigenvalue weighted by atomic mass is 10.1. The van der Waals surface area contributed by atoms with Gasteiger partial charge < -0.3 is 9.64 Å². The Labute approximate surface area is 102 Å². The van der Waals surface area contributed by atoms with Crippen molar-refractivity contribution in [1.82, 2.24) is 0 Å². The normalized spacial score (nSPS) is 17.5. The summed E-state index contributed by atoms with van der Waals surface area (Å²) in [6.07, 6.45) is 1.56. The van der Waals surface area contributed by atoms with Crippen LogP contribution in [0.5, 0.6) is 0 Å². The molecule has 3 heteroatoms. The predicted molar refractivity (Wildman–Crippen MR) is 68.7 cm³/mol. The van der Waals surface area contributed by atoms with Gasteiger partial charge in [0.1, 0.15) is 0 Å². The zero-order valence-corrected chi connectivity index (χ0v) is 10.5. The number of anilines is 1. The van der Waals surface area contributed by atoms with E-state index in [-0.39, 0.29) is 5.78 Å². The van der Waals surface area contributed by atoms with Crippen molar-refractivity contribution in [2.45, 2.75) is 25.8 Å². The fraction of sp³-hybridized carbons (Fsp3) is 0.500. The third-order valence-corrected chi connectivity index (χ3v) is 3.26. The Morgan fingerprint density at radius 1 is 1.41 bits per heavy atom. The van der Waals surface area contributed by atoms with Gasteiger partial charge in [-0.2, -0.15) is 0 Å². The van der Waals surface area contributed by atoms with E-state index in [9.17, 15) is 4.79 Å². The molecule has 1 aliphatic heterocycles. The SMILES string of the molecule is COCC(C)N1CCCC(=O)c2ccccc21. The molecule has 1 unspecified atom stereocenters. The largest absolute Gasteiger partial charge is 0.383 e. The number of ether oxygens (including phenoxy) is 1. The lowest BCUT2D eigenvalue weighted by Gasteiger charge is -2.30. The Morgan fingerprint density at radius 3 is 2.94 bits per heavy atom. The summed E-state index contributed by atoms with van der Waals surface area (Å²) in [5.74, 6) is 0.257. The number of hydrogen-bond acceptors (Lipinski definition) is 3. The van der Waals surface area contributed by atoms with Crippen LogP contribution in [0.4, 0.5) is 5.69 Å². The minimum Gasteiger partial charge on any atom is -0.383 e. The summed E-state index contributed by atoms with van der Waals surface area (Å²) in [5.41, 5.74) is 1.91. The molecule has 17 heavy (non-hydrogen) atoms. The van der Waals surface area contributed by atoms with E-state index in [1.54, 1.807) is 7.11 Å². The van der Waals surface area contributed by atoms with Crippen LogP contribution in [0.3, 0.4) is 0 Å². The fourth-order valence-electron chi connectivity index (χ4n) is 2.41. The highest BCUT2D eigenvalue weighted by atomic mass is 16.5. The van der Waals surface area contributed by atoms with Gasteiger partial charge in [-0.3, -0.25) is 4.79 Å². The number of ketones is 1. The summed E-state index contributed by atoms with van der Waals surface area (Å²) in [6.45, 7) is 3.74. The van der Waals surface area contributed by atoms with Crippen molar-refractivity contribution in [3.63, 3.8) is 0 Å². The van der Waals surface area contributed by atoms with Crippen molar-refractivity contribution in [1.29, 1.82) is 0 Å². The molecule has 0 spiro atoms. The lowest BCUT2D eigenvalue weighted by Crippen LogP contribution is -2.37. The molecule has 0 fully saturated rings. The van der Waals surface area contributed by atoms with Crippen molar-refractivity contribution in [3.05, 3.63) is 29.8 Å². The number of Topliss-reactive ketones (excluding diaryl/α,β-unsaturated/α-hetero) is 1. The molecule has 1 atom stereocenters. The van der Waals surface area contributed by atoms with Crippen molar-refractivity contribution in [3.8, 4) is 0 Å². The molecular weight excluding hydrogens is 214 g/mol. The molecule has 2 rings (SSSR count). The van der Waals surface area contributed by atoms with E-state index in [0.717, 1.165) is 24.2 Å². The van der Waals surface area contributed by atoms with E-state index < -0.39 is 0 Å². The maximum atomic E-state index is 12.0. The highest BCUT2D eigenvalue weighted by Gasteiger charge is 2.23. The highest BCUT2D eigenvalue weighted by molar-refractivity contribution is 6.02. The molecule has 0 N–H and O–H groups in total. The van der Waals surface area contributed by atoms with Gasteiger partial charge in [0.05, 0.1) is 6.61 Å². The first-order valence-electron chi connectivity index (χ1n) is 6.12. The van der Waals surface area contributed by atoms with Crippen LogP contribution in [-0.4, -0.2) is 32.1 Å².